The van der Waals surface area contributed by atoms with Crippen LogP contribution in [0, 0.1) is 5.82 Å². The molecule has 2 N–H and O–H groups in total. The summed E-state index contributed by atoms with van der Waals surface area (Å²) in [6.45, 7) is 1.58. The highest BCUT2D eigenvalue weighted by Gasteiger charge is 2.45. The molecule has 2 aromatic rings. The van der Waals surface area contributed by atoms with Gasteiger partial charge in [0.2, 0.25) is 5.91 Å². The number of hydrogen-bond acceptors (Lipinski definition) is 6. The van der Waals surface area contributed by atoms with Gasteiger partial charge in [-0.05, 0) is 48.9 Å². The first-order valence-electron chi connectivity index (χ1n) is 9.37. The molecular weight excluding hydrogens is 431 g/mol. The van der Waals surface area contributed by atoms with Crippen LogP contribution >= 0.6 is 0 Å². The van der Waals surface area contributed by atoms with Gasteiger partial charge in [-0.3, -0.25) is 4.79 Å². The molecule has 7 nitrogen and oxygen atoms in total. The zero-order valence-corrected chi connectivity index (χ0v) is 18.0. The van der Waals surface area contributed by atoms with Crippen molar-refractivity contribution < 1.29 is 26.0 Å². The lowest BCUT2D eigenvalue weighted by Crippen LogP contribution is -2.44. The van der Waals surface area contributed by atoms with E-state index in [9.17, 15) is 26.0 Å². The summed E-state index contributed by atoms with van der Waals surface area (Å²) in [6, 6.07) is 11.1. The third-order valence-corrected chi connectivity index (χ3v) is 9.13. The zero-order valence-electron chi connectivity index (χ0n) is 16.3. The van der Waals surface area contributed by atoms with Crippen molar-refractivity contribution in [3.63, 3.8) is 0 Å². The van der Waals surface area contributed by atoms with E-state index in [2.05, 4.69) is 10.6 Å². The molecule has 0 aromatic heterocycles. The summed E-state index contributed by atoms with van der Waals surface area (Å²) in [5.74, 6) is -1.41. The fourth-order valence-electron chi connectivity index (χ4n) is 3.51. The number of amides is 1. The van der Waals surface area contributed by atoms with Gasteiger partial charge < -0.3 is 10.6 Å². The van der Waals surface area contributed by atoms with Crippen LogP contribution in [0.4, 0.5) is 10.1 Å². The Morgan fingerprint density at radius 1 is 1.10 bits per heavy atom. The van der Waals surface area contributed by atoms with E-state index in [4.69, 9.17) is 0 Å². The van der Waals surface area contributed by atoms with Crippen molar-refractivity contribution in [2.45, 2.75) is 29.5 Å². The molecule has 2 atom stereocenters. The van der Waals surface area contributed by atoms with E-state index in [1.165, 1.54) is 37.3 Å². The van der Waals surface area contributed by atoms with Crippen LogP contribution in [0.5, 0.6) is 0 Å². The topological polar surface area (TPSA) is 109 Å². The van der Waals surface area contributed by atoms with E-state index in [0.717, 1.165) is 0 Å². The van der Waals surface area contributed by atoms with Crippen molar-refractivity contribution in [3.05, 3.63) is 59.9 Å². The van der Waals surface area contributed by atoms with Gasteiger partial charge in [-0.1, -0.05) is 18.2 Å². The summed E-state index contributed by atoms with van der Waals surface area (Å²) < 4.78 is 64.3. The summed E-state index contributed by atoms with van der Waals surface area (Å²) in [6.07, 6.45) is 0.307. The van der Waals surface area contributed by atoms with Gasteiger partial charge in [0.15, 0.2) is 19.7 Å². The Hall–Kier alpha value is -2.30. The average Bonchev–Trinajstić information content (AvgIpc) is 2.98. The lowest BCUT2D eigenvalue weighted by Gasteiger charge is -2.20. The number of anilines is 1. The van der Waals surface area contributed by atoms with E-state index in [-0.39, 0.29) is 28.9 Å². The first-order chi connectivity index (χ1) is 14.1. The Labute approximate surface area is 175 Å². The highest BCUT2D eigenvalue weighted by Crippen LogP contribution is 2.27. The second-order valence-corrected chi connectivity index (χ2v) is 11.6. The number of rotatable bonds is 7. The molecule has 1 aliphatic heterocycles. The molecule has 30 heavy (non-hydrogen) atoms. The van der Waals surface area contributed by atoms with Crippen LogP contribution < -0.4 is 10.6 Å². The fraction of sp³-hybridized carbons (Fsp3) is 0.350. The third kappa shape index (κ3) is 5.24. The second-order valence-electron chi connectivity index (χ2n) is 7.27. The maximum Gasteiger partial charge on any atom is 0.221 e. The summed E-state index contributed by atoms with van der Waals surface area (Å²) in [5, 5.41) is 4.40. The van der Waals surface area contributed by atoms with Gasteiger partial charge in [0.1, 0.15) is 5.82 Å². The molecule has 3 rings (SSSR count). The van der Waals surface area contributed by atoms with E-state index in [1.54, 1.807) is 18.2 Å². The fourth-order valence-corrected chi connectivity index (χ4v) is 8.23. The van der Waals surface area contributed by atoms with Crippen molar-refractivity contribution in [2.24, 2.45) is 0 Å². The number of sulfone groups is 2. The Morgan fingerprint density at radius 2 is 1.77 bits per heavy atom. The Balaban J connectivity index is 1.75. The Kier molecular flexibility index (Phi) is 6.59. The monoisotopic (exact) mass is 454 g/mol. The number of carbonyl (C=O) groups is 1. The van der Waals surface area contributed by atoms with Crippen LogP contribution in [0.25, 0.3) is 0 Å². The second kappa shape index (κ2) is 8.83. The molecular formula is C20H23FN2O5S2. The van der Waals surface area contributed by atoms with E-state index >= 15 is 0 Å². The Bertz CT molecular complexity index is 1130. The van der Waals surface area contributed by atoms with Gasteiger partial charge in [0.25, 0.3) is 0 Å². The van der Waals surface area contributed by atoms with E-state index < -0.39 is 36.7 Å². The minimum absolute atomic E-state index is 0.0143. The van der Waals surface area contributed by atoms with Crippen LogP contribution in [-0.2, 0) is 30.9 Å². The molecule has 1 saturated heterocycles. The van der Waals surface area contributed by atoms with Crippen molar-refractivity contribution >= 4 is 31.3 Å². The third-order valence-electron chi connectivity index (χ3n) is 4.96. The maximum atomic E-state index is 13.8. The van der Waals surface area contributed by atoms with Crippen LogP contribution in [-0.4, -0.2) is 52.1 Å². The molecule has 2 aromatic carbocycles. The number of halogens is 1. The minimum Gasteiger partial charge on any atom is -0.326 e. The largest absolute Gasteiger partial charge is 0.326 e. The van der Waals surface area contributed by atoms with Gasteiger partial charge >= 0.3 is 0 Å². The predicted octanol–water partition coefficient (Wildman–Crippen LogP) is 1.56. The molecule has 1 fully saturated rings. The molecule has 0 aliphatic carbocycles. The first-order valence-corrected chi connectivity index (χ1v) is 12.7. The molecule has 10 heteroatoms. The Morgan fingerprint density at radius 3 is 2.40 bits per heavy atom. The summed E-state index contributed by atoms with van der Waals surface area (Å²) >= 11 is 0. The quantitative estimate of drug-likeness (QED) is 0.657. The van der Waals surface area contributed by atoms with Crippen molar-refractivity contribution in [1.29, 1.82) is 0 Å². The predicted molar refractivity (Wildman–Crippen MR) is 112 cm³/mol. The van der Waals surface area contributed by atoms with Crippen LogP contribution in [0.3, 0.4) is 0 Å². The standard InChI is InChI=1S/C20H23FN2O5S2/c1-14(24)23-16-6-8-17(9-7-16)30(27,28)20-13-29(25,26)12-19(20)22-11-10-15-4-2-3-5-18(15)21/h2-9,19-20,22H,10-13H2,1H3,(H,23,24). The normalized spacial score (nSPS) is 20.7. The lowest BCUT2D eigenvalue weighted by molar-refractivity contribution is -0.114. The maximum absolute atomic E-state index is 13.8. The molecule has 0 radical (unpaired) electrons. The van der Waals surface area contributed by atoms with Gasteiger partial charge in [-0.25, -0.2) is 21.2 Å². The molecule has 0 spiro atoms. The van der Waals surface area contributed by atoms with Gasteiger partial charge in [-0.15, -0.1) is 0 Å². The molecule has 0 saturated carbocycles. The van der Waals surface area contributed by atoms with Gasteiger partial charge in [-0.2, -0.15) is 0 Å². The van der Waals surface area contributed by atoms with Crippen LogP contribution in [0.15, 0.2) is 53.4 Å². The van der Waals surface area contributed by atoms with Crippen molar-refractivity contribution in [2.75, 3.05) is 23.4 Å². The molecule has 162 valence electrons. The molecule has 1 heterocycles. The lowest BCUT2D eigenvalue weighted by atomic mass is 10.1. The van der Waals surface area contributed by atoms with Gasteiger partial charge in [0.05, 0.1) is 21.7 Å². The highest BCUT2D eigenvalue weighted by molar-refractivity contribution is 7.96. The molecule has 2 unspecified atom stereocenters. The zero-order chi connectivity index (χ0) is 21.9. The number of hydrogen-bond donors (Lipinski definition) is 2. The van der Waals surface area contributed by atoms with Crippen LogP contribution in [0.2, 0.25) is 0 Å². The van der Waals surface area contributed by atoms with E-state index in [1.807, 2.05) is 0 Å². The highest BCUT2D eigenvalue weighted by atomic mass is 32.2. The number of nitrogens with one attached hydrogen (secondary N) is 2. The number of benzene rings is 2. The smallest absolute Gasteiger partial charge is 0.221 e. The molecule has 1 aliphatic rings. The number of carbonyl (C=O) groups excluding carboxylic acids is 1. The first kappa shape index (κ1) is 22.4. The van der Waals surface area contributed by atoms with Crippen molar-refractivity contribution in [3.8, 4) is 0 Å². The van der Waals surface area contributed by atoms with Crippen LogP contribution in [0.1, 0.15) is 12.5 Å². The summed E-state index contributed by atoms with van der Waals surface area (Å²) in [7, 11) is -7.47. The minimum atomic E-state index is -3.94. The SMILES string of the molecule is CC(=O)Nc1ccc(S(=O)(=O)C2CS(=O)(=O)CC2NCCc2ccccc2F)cc1. The summed E-state index contributed by atoms with van der Waals surface area (Å²) in [5.41, 5.74) is 0.916. The molecule has 1 amide bonds. The van der Waals surface area contributed by atoms with Crippen molar-refractivity contribution in [1.82, 2.24) is 5.32 Å². The average molecular weight is 455 g/mol. The summed E-state index contributed by atoms with van der Waals surface area (Å²) in [4.78, 5) is 11.1. The van der Waals surface area contributed by atoms with E-state index in [0.29, 0.717) is 17.7 Å². The van der Waals surface area contributed by atoms with Gasteiger partial charge in [0, 0.05) is 18.7 Å². The molecule has 0 bridgehead atoms.